The summed E-state index contributed by atoms with van der Waals surface area (Å²) in [5.41, 5.74) is 1.11. The van der Waals surface area contributed by atoms with Crippen LogP contribution in [0.5, 0.6) is 11.5 Å². The molecule has 3 N–H and O–H groups in total. The minimum atomic E-state index is -0.416. The Hall–Kier alpha value is -3.29. The maximum atomic E-state index is 13.2. The largest absolute Gasteiger partial charge is 0.493 e. The SMILES string of the molecule is CCNC(=NCC(=O)Nc1cccc(F)c1)Nc1ccc(OCC)c(OC)c1. The topological polar surface area (TPSA) is 84.0 Å². The van der Waals surface area contributed by atoms with Crippen molar-refractivity contribution in [2.75, 3.05) is 37.4 Å². The molecule has 2 aromatic rings. The first-order valence-corrected chi connectivity index (χ1v) is 8.97. The van der Waals surface area contributed by atoms with Crippen molar-refractivity contribution in [3.05, 3.63) is 48.3 Å². The van der Waals surface area contributed by atoms with Gasteiger partial charge in [-0.1, -0.05) is 6.07 Å². The normalized spacial score (nSPS) is 10.9. The molecule has 150 valence electrons. The fourth-order valence-corrected chi connectivity index (χ4v) is 2.38. The molecular weight excluding hydrogens is 363 g/mol. The highest BCUT2D eigenvalue weighted by Gasteiger charge is 2.08. The fraction of sp³-hybridized carbons (Fsp3) is 0.300. The molecule has 0 bridgehead atoms. The van der Waals surface area contributed by atoms with Gasteiger partial charge >= 0.3 is 0 Å². The fourth-order valence-electron chi connectivity index (χ4n) is 2.38. The summed E-state index contributed by atoms with van der Waals surface area (Å²) < 4.78 is 24.0. The summed E-state index contributed by atoms with van der Waals surface area (Å²) in [4.78, 5) is 16.3. The molecule has 1 amide bonds. The van der Waals surface area contributed by atoms with E-state index in [0.717, 1.165) is 5.69 Å². The number of carbonyl (C=O) groups excluding carboxylic acids is 1. The maximum absolute atomic E-state index is 13.2. The molecule has 0 aromatic heterocycles. The molecule has 0 saturated carbocycles. The van der Waals surface area contributed by atoms with E-state index in [9.17, 15) is 9.18 Å². The predicted octanol–water partition coefficient (Wildman–Crippen LogP) is 3.25. The Morgan fingerprint density at radius 2 is 1.86 bits per heavy atom. The quantitative estimate of drug-likeness (QED) is 0.478. The number of aliphatic imine (C=N–C) groups is 1. The second-order valence-electron chi connectivity index (χ2n) is 5.68. The number of rotatable bonds is 8. The average molecular weight is 388 g/mol. The highest BCUT2D eigenvalue weighted by atomic mass is 19.1. The van der Waals surface area contributed by atoms with Crippen molar-refractivity contribution in [1.29, 1.82) is 0 Å². The van der Waals surface area contributed by atoms with Crippen LogP contribution in [0.2, 0.25) is 0 Å². The molecule has 28 heavy (non-hydrogen) atoms. The van der Waals surface area contributed by atoms with Gasteiger partial charge in [0, 0.05) is 24.0 Å². The van der Waals surface area contributed by atoms with Crippen LogP contribution in [0.15, 0.2) is 47.5 Å². The summed E-state index contributed by atoms with van der Waals surface area (Å²) in [5, 5.41) is 8.78. The Labute approximate surface area is 164 Å². The molecule has 8 heteroatoms. The molecular formula is C20H25FN4O3. The maximum Gasteiger partial charge on any atom is 0.246 e. The van der Waals surface area contributed by atoms with Crippen molar-refractivity contribution < 1.29 is 18.7 Å². The second-order valence-corrected chi connectivity index (χ2v) is 5.68. The van der Waals surface area contributed by atoms with Gasteiger partial charge in [0.05, 0.1) is 13.7 Å². The zero-order valence-corrected chi connectivity index (χ0v) is 16.2. The van der Waals surface area contributed by atoms with Gasteiger partial charge in [-0.3, -0.25) is 4.79 Å². The highest BCUT2D eigenvalue weighted by Crippen LogP contribution is 2.30. The predicted molar refractivity (Wildman–Crippen MR) is 109 cm³/mol. The molecule has 0 aliphatic rings. The monoisotopic (exact) mass is 388 g/mol. The van der Waals surface area contributed by atoms with Crippen molar-refractivity contribution in [1.82, 2.24) is 5.32 Å². The molecule has 0 spiro atoms. The number of guanidine groups is 1. The van der Waals surface area contributed by atoms with Gasteiger partial charge in [0.2, 0.25) is 5.91 Å². The third-order valence-corrected chi connectivity index (χ3v) is 3.56. The van der Waals surface area contributed by atoms with E-state index in [1.807, 2.05) is 19.9 Å². The Morgan fingerprint density at radius 1 is 1.07 bits per heavy atom. The van der Waals surface area contributed by atoms with Crippen LogP contribution in [-0.2, 0) is 4.79 Å². The third kappa shape index (κ3) is 6.46. The van der Waals surface area contributed by atoms with Gasteiger partial charge in [0.25, 0.3) is 0 Å². The van der Waals surface area contributed by atoms with Gasteiger partial charge < -0.3 is 25.4 Å². The van der Waals surface area contributed by atoms with E-state index >= 15 is 0 Å². The van der Waals surface area contributed by atoms with E-state index in [2.05, 4.69) is 20.9 Å². The molecule has 0 aliphatic heterocycles. The zero-order valence-electron chi connectivity index (χ0n) is 16.2. The van der Waals surface area contributed by atoms with Crippen LogP contribution >= 0.6 is 0 Å². The number of nitrogens with zero attached hydrogens (tertiary/aromatic N) is 1. The van der Waals surface area contributed by atoms with Gasteiger partial charge in [-0.25, -0.2) is 9.38 Å². The van der Waals surface area contributed by atoms with Crippen molar-refractivity contribution in [3.63, 3.8) is 0 Å². The number of ether oxygens (including phenoxy) is 2. The molecule has 2 rings (SSSR count). The molecule has 0 unspecified atom stereocenters. The summed E-state index contributed by atoms with van der Waals surface area (Å²) in [7, 11) is 1.57. The van der Waals surface area contributed by atoms with E-state index < -0.39 is 5.82 Å². The van der Waals surface area contributed by atoms with E-state index in [-0.39, 0.29) is 12.5 Å². The van der Waals surface area contributed by atoms with Crippen LogP contribution in [-0.4, -0.2) is 38.7 Å². The number of halogens is 1. The van der Waals surface area contributed by atoms with E-state index in [4.69, 9.17) is 9.47 Å². The van der Waals surface area contributed by atoms with E-state index in [1.165, 1.54) is 18.2 Å². The summed E-state index contributed by atoms with van der Waals surface area (Å²) in [6.45, 7) is 4.85. The van der Waals surface area contributed by atoms with Crippen molar-refractivity contribution >= 4 is 23.2 Å². The Balaban J connectivity index is 2.04. The molecule has 0 radical (unpaired) electrons. The number of methoxy groups -OCH3 is 1. The van der Waals surface area contributed by atoms with Gasteiger partial charge in [-0.15, -0.1) is 0 Å². The summed E-state index contributed by atoms with van der Waals surface area (Å²) in [5.74, 6) is 0.898. The van der Waals surface area contributed by atoms with Gasteiger partial charge in [-0.2, -0.15) is 0 Å². The minimum Gasteiger partial charge on any atom is -0.493 e. The lowest BCUT2D eigenvalue weighted by Gasteiger charge is -2.14. The molecule has 7 nitrogen and oxygen atoms in total. The molecule has 0 heterocycles. The number of anilines is 2. The second kappa shape index (κ2) is 10.8. The Kier molecular flexibility index (Phi) is 8.08. The molecule has 0 atom stereocenters. The highest BCUT2D eigenvalue weighted by molar-refractivity contribution is 5.97. The molecule has 0 aliphatic carbocycles. The first kappa shape index (κ1) is 21.0. The van der Waals surface area contributed by atoms with Crippen LogP contribution in [0.25, 0.3) is 0 Å². The minimum absolute atomic E-state index is 0.125. The van der Waals surface area contributed by atoms with Crippen LogP contribution in [0.1, 0.15) is 13.8 Å². The number of amides is 1. The number of benzene rings is 2. The lowest BCUT2D eigenvalue weighted by Crippen LogP contribution is -2.31. The number of nitrogens with one attached hydrogen (secondary N) is 3. The summed E-state index contributed by atoms with van der Waals surface area (Å²) in [6, 6.07) is 11.1. The van der Waals surface area contributed by atoms with Crippen LogP contribution in [0, 0.1) is 5.82 Å². The van der Waals surface area contributed by atoms with Crippen molar-refractivity contribution in [2.45, 2.75) is 13.8 Å². The van der Waals surface area contributed by atoms with Crippen molar-refractivity contribution in [3.8, 4) is 11.5 Å². The van der Waals surface area contributed by atoms with Crippen LogP contribution in [0.4, 0.5) is 15.8 Å². The average Bonchev–Trinajstić information content (AvgIpc) is 2.67. The third-order valence-electron chi connectivity index (χ3n) is 3.56. The van der Waals surface area contributed by atoms with E-state index in [1.54, 1.807) is 25.3 Å². The number of hydrogen-bond donors (Lipinski definition) is 3. The smallest absolute Gasteiger partial charge is 0.246 e. The molecule has 0 saturated heterocycles. The first-order chi connectivity index (χ1) is 13.5. The first-order valence-electron chi connectivity index (χ1n) is 8.97. The Morgan fingerprint density at radius 3 is 2.54 bits per heavy atom. The lowest BCUT2D eigenvalue weighted by atomic mass is 10.2. The van der Waals surface area contributed by atoms with Gasteiger partial charge in [0.1, 0.15) is 12.4 Å². The van der Waals surface area contributed by atoms with Crippen molar-refractivity contribution in [2.24, 2.45) is 4.99 Å². The standard InChI is InChI=1S/C20H25FN4O3/c1-4-22-20(23-13-19(26)24-15-8-6-7-14(21)11-15)25-16-9-10-17(28-5-2)18(12-16)27-3/h6-12H,4-5,13H2,1-3H3,(H,24,26)(H2,22,23,25). The lowest BCUT2D eigenvalue weighted by molar-refractivity contribution is -0.114. The van der Waals surface area contributed by atoms with Gasteiger partial charge in [-0.05, 0) is 44.2 Å². The zero-order chi connectivity index (χ0) is 20.4. The van der Waals surface area contributed by atoms with Gasteiger partial charge in [0.15, 0.2) is 17.5 Å². The molecule has 0 fully saturated rings. The Bertz CT molecular complexity index is 827. The number of hydrogen-bond acceptors (Lipinski definition) is 4. The summed E-state index contributed by atoms with van der Waals surface area (Å²) in [6.07, 6.45) is 0. The number of carbonyl (C=O) groups is 1. The molecule has 2 aromatic carbocycles. The summed E-state index contributed by atoms with van der Waals surface area (Å²) >= 11 is 0. The van der Waals surface area contributed by atoms with Crippen LogP contribution in [0.3, 0.4) is 0 Å². The van der Waals surface area contributed by atoms with Crippen LogP contribution < -0.4 is 25.4 Å². The van der Waals surface area contributed by atoms with E-state index in [0.29, 0.717) is 36.3 Å².